The van der Waals surface area contributed by atoms with Crippen molar-refractivity contribution in [2.24, 2.45) is 5.41 Å². The van der Waals surface area contributed by atoms with Crippen molar-refractivity contribution in [3.05, 3.63) is 40.4 Å². The molecule has 0 heterocycles. The van der Waals surface area contributed by atoms with Crippen LogP contribution in [0, 0.1) is 5.41 Å². The minimum absolute atomic E-state index is 0.0605. The van der Waals surface area contributed by atoms with Crippen molar-refractivity contribution in [2.75, 3.05) is 13.7 Å². The van der Waals surface area contributed by atoms with E-state index in [-0.39, 0.29) is 16.4 Å². The lowest BCUT2D eigenvalue weighted by Gasteiger charge is -2.42. The van der Waals surface area contributed by atoms with Gasteiger partial charge in [-0.15, -0.1) is 0 Å². The number of carbonyl (C=O) groups excluding carboxylic acids is 1. The zero-order valence-corrected chi connectivity index (χ0v) is 19.5. The summed E-state index contributed by atoms with van der Waals surface area (Å²) in [4.78, 5) is 12.5. The van der Waals surface area contributed by atoms with Crippen molar-refractivity contribution in [3.8, 4) is 0 Å². The van der Waals surface area contributed by atoms with Gasteiger partial charge >= 0.3 is 5.97 Å². The third-order valence-corrected chi connectivity index (χ3v) is 10.9. The molecule has 0 aliphatic heterocycles. The first-order valence-electron chi connectivity index (χ1n) is 9.59. The molecular formula is C22H33ClO3Si. The predicted octanol–water partition coefficient (Wildman–Crippen LogP) is 6.48. The zero-order valence-electron chi connectivity index (χ0n) is 17.7. The van der Waals surface area contributed by atoms with Crippen LogP contribution in [0.5, 0.6) is 0 Å². The highest BCUT2D eigenvalue weighted by molar-refractivity contribution is 6.74. The number of hydrogen-bond acceptors (Lipinski definition) is 3. The summed E-state index contributed by atoms with van der Waals surface area (Å²) in [5.74, 6) is -0.238. The Balaban J connectivity index is 2.28. The largest absolute Gasteiger partial charge is 0.466 e. The van der Waals surface area contributed by atoms with Crippen LogP contribution >= 0.6 is 11.6 Å². The lowest BCUT2D eigenvalue weighted by Crippen LogP contribution is -2.44. The Kier molecular flexibility index (Phi) is 6.66. The Morgan fingerprint density at radius 3 is 2.33 bits per heavy atom. The molecule has 1 unspecified atom stereocenters. The van der Waals surface area contributed by atoms with Crippen LogP contribution in [0.4, 0.5) is 0 Å². The molecular weight excluding hydrogens is 376 g/mol. The van der Waals surface area contributed by atoms with Gasteiger partial charge in [-0.25, -0.2) is 4.79 Å². The minimum atomic E-state index is -1.83. The van der Waals surface area contributed by atoms with Gasteiger partial charge < -0.3 is 9.16 Å². The number of rotatable bonds is 5. The maximum atomic E-state index is 12.5. The summed E-state index contributed by atoms with van der Waals surface area (Å²) in [6.07, 6.45) is 2.50. The summed E-state index contributed by atoms with van der Waals surface area (Å²) in [7, 11) is -0.376. The summed E-state index contributed by atoms with van der Waals surface area (Å²) in [6.45, 7) is 14.2. The van der Waals surface area contributed by atoms with Gasteiger partial charge in [0.25, 0.3) is 0 Å². The van der Waals surface area contributed by atoms with Gasteiger partial charge in [0.2, 0.25) is 0 Å². The fraction of sp³-hybridized carbons (Fsp3) is 0.591. The molecule has 5 heteroatoms. The van der Waals surface area contributed by atoms with Crippen molar-refractivity contribution < 1.29 is 14.0 Å². The third-order valence-electron chi connectivity index (χ3n) is 6.16. The zero-order chi connectivity index (χ0) is 20.5. The maximum absolute atomic E-state index is 12.5. The summed E-state index contributed by atoms with van der Waals surface area (Å²) in [6, 6.07) is 7.70. The summed E-state index contributed by atoms with van der Waals surface area (Å²) in [5, 5.41) is 0.871. The lowest BCUT2D eigenvalue weighted by molar-refractivity contribution is -0.136. The molecule has 0 amide bonds. The molecule has 1 atom stereocenters. The second-order valence-electron chi connectivity index (χ2n) is 9.49. The standard InChI is InChI=1S/C22H33ClO3Si/c1-21(2,3)27(6,7)26-15-22(4)13-12-18(19(14-22)20(24)25-5)16-8-10-17(23)11-9-16/h8-11H,12-15H2,1-7H3. The van der Waals surface area contributed by atoms with Gasteiger partial charge in [-0.2, -0.15) is 0 Å². The van der Waals surface area contributed by atoms with Crippen molar-refractivity contribution in [2.45, 2.75) is 65.1 Å². The molecule has 0 aromatic heterocycles. The quantitative estimate of drug-likeness (QED) is 0.413. The number of esters is 1. The summed E-state index contributed by atoms with van der Waals surface area (Å²) >= 11 is 6.02. The van der Waals surface area contributed by atoms with Crippen molar-refractivity contribution in [3.63, 3.8) is 0 Å². The highest BCUT2D eigenvalue weighted by Crippen LogP contribution is 2.45. The van der Waals surface area contributed by atoms with E-state index in [4.69, 9.17) is 20.8 Å². The Labute approximate surface area is 170 Å². The van der Waals surface area contributed by atoms with E-state index in [1.54, 1.807) is 0 Å². The van der Waals surface area contributed by atoms with E-state index in [2.05, 4.69) is 40.8 Å². The fourth-order valence-corrected chi connectivity index (χ4v) is 4.45. The number of methoxy groups -OCH3 is 1. The first-order valence-corrected chi connectivity index (χ1v) is 12.9. The molecule has 0 fully saturated rings. The van der Waals surface area contributed by atoms with Crippen LogP contribution in [0.3, 0.4) is 0 Å². The SMILES string of the molecule is COC(=O)C1=C(c2ccc(Cl)cc2)CCC(C)(CO[Si](C)(C)C(C)(C)C)C1. The molecule has 0 spiro atoms. The number of halogens is 1. The molecule has 1 aromatic rings. The molecule has 0 bridgehead atoms. The van der Waals surface area contributed by atoms with Gasteiger partial charge in [0.15, 0.2) is 8.32 Å². The number of ether oxygens (including phenoxy) is 1. The molecule has 3 nitrogen and oxygen atoms in total. The van der Waals surface area contributed by atoms with Crippen molar-refractivity contribution in [1.82, 2.24) is 0 Å². The van der Waals surface area contributed by atoms with Crippen molar-refractivity contribution in [1.29, 1.82) is 0 Å². The van der Waals surface area contributed by atoms with Crippen LogP contribution in [-0.2, 0) is 14.0 Å². The number of benzene rings is 1. The topological polar surface area (TPSA) is 35.5 Å². The molecule has 1 aliphatic rings. The van der Waals surface area contributed by atoms with E-state index in [9.17, 15) is 4.79 Å². The van der Waals surface area contributed by atoms with Gasteiger partial charge in [0.05, 0.1) is 7.11 Å². The molecule has 150 valence electrons. The van der Waals surface area contributed by atoms with Gasteiger partial charge in [0, 0.05) is 17.2 Å². The van der Waals surface area contributed by atoms with Crippen LogP contribution in [0.25, 0.3) is 5.57 Å². The molecule has 0 saturated heterocycles. The Bertz CT molecular complexity index is 716. The maximum Gasteiger partial charge on any atom is 0.334 e. The number of allylic oxidation sites excluding steroid dienone is 1. The molecule has 0 N–H and O–H groups in total. The Morgan fingerprint density at radius 1 is 1.22 bits per heavy atom. The molecule has 0 saturated carbocycles. The van der Waals surface area contributed by atoms with Crippen LogP contribution in [0.15, 0.2) is 29.8 Å². The first-order chi connectivity index (χ1) is 12.4. The average Bonchev–Trinajstić information content (AvgIpc) is 2.59. The van der Waals surface area contributed by atoms with Gasteiger partial charge in [-0.1, -0.05) is 51.4 Å². The number of carbonyl (C=O) groups is 1. The van der Waals surface area contributed by atoms with E-state index in [0.717, 1.165) is 29.6 Å². The fourth-order valence-electron chi connectivity index (χ4n) is 3.18. The lowest BCUT2D eigenvalue weighted by atomic mass is 9.72. The van der Waals surface area contributed by atoms with E-state index < -0.39 is 8.32 Å². The molecule has 2 rings (SSSR count). The van der Waals surface area contributed by atoms with Gasteiger partial charge in [-0.05, 0) is 66.1 Å². The Hall–Kier alpha value is -1.10. The predicted molar refractivity (Wildman–Crippen MR) is 115 cm³/mol. The Morgan fingerprint density at radius 2 is 1.81 bits per heavy atom. The number of hydrogen-bond donors (Lipinski definition) is 0. The van der Waals surface area contributed by atoms with Crippen LogP contribution in [0.2, 0.25) is 23.2 Å². The highest BCUT2D eigenvalue weighted by Gasteiger charge is 2.41. The van der Waals surface area contributed by atoms with E-state index in [1.165, 1.54) is 7.11 Å². The summed E-state index contributed by atoms with van der Waals surface area (Å²) < 4.78 is 11.6. The molecule has 1 aliphatic carbocycles. The van der Waals surface area contributed by atoms with Gasteiger partial charge in [-0.3, -0.25) is 0 Å². The second-order valence-corrected chi connectivity index (χ2v) is 14.7. The van der Waals surface area contributed by atoms with Crippen LogP contribution in [0.1, 0.15) is 52.5 Å². The minimum Gasteiger partial charge on any atom is -0.466 e. The normalized spacial score (nSPS) is 21.3. The second kappa shape index (κ2) is 8.10. The summed E-state index contributed by atoms with van der Waals surface area (Å²) in [5.41, 5.74) is 2.83. The van der Waals surface area contributed by atoms with E-state index in [0.29, 0.717) is 18.1 Å². The van der Waals surface area contributed by atoms with Crippen LogP contribution < -0.4 is 0 Å². The molecule has 1 aromatic carbocycles. The first kappa shape index (κ1) is 22.2. The monoisotopic (exact) mass is 408 g/mol. The van der Waals surface area contributed by atoms with Crippen LogP contribution in [-0.4, -0.2) is 28.0 Å². The average molecular weight is 409 g/mol. The van der Waals surface area contributed by atoms with Crippen molar-refractivity contribution >= 4 is 31.5 Å². The van der Waals surface area contributed by atoms with E-state index in [1.807, 2.05) is 24.3 Å². The van der Waals surface area contributed by atoms with Gasteiger partial charge in [0.1, 0.15) is 0 Å². The third kappa shape index (κ3) is 5.24. The highest BCUT2D eigenvalue weighted by atomic mass is 35.5. The smallest absolute Gasteiger partial charge is 0.334 e. The molecule has 0 radical (unpaired) electrons. The van der Waals surface area contributed by atoms with E-state index >= 15 is 0 Å². The molecule has 27 heavy (non-hydrogen) atoms.